The highest BCUT2D eigenvalue weighted by Crippen LogP contribution is 2.20. The Bertz CT molecular complexity index is 643. The van der Waals surface area contributed by atoms with Crippen molar-refractivity contribution in [2.24, 2.45) is 0 Å². The molecular formula is C14H18F3NO5S. The molecule has 136 valence electrons. The Morgan fingerprint density at radius 2 is 1.88 bits per heavy atom. The van der Waals surface area contributed by atoms with E-state index in [9.17, 15) is 26.4 Å². The molecule has 0 saturated heterocycles. The number of unbranched alkanes of at least 4 members (excludes halogenated alkanes) is 1. The van der Waals surface area contributed by atoms with Crippen LogP contribution in [0.25, 0.3) is 0 Å². The van der Waals surface area contributed by atoms with E-state index in [1.54, 1.807) is 0 Å². The molecule has 0 unspecified atom stereocenters. The Balaban J connectivity index is 2.81. The number of rotatable bonds is 9. The molecule has 0 bridgehead atoms. The first-order chi connectivity index (χ1) is 11.0. The van der Waals surface area contributed by atoms with Gasteiger partial charge in [0.05, 0.1) is 4.90 Å². The van der Waals surface area contributed by atoms with Crippen molar-refractivity contribution in [2.75, 3.05) is 6.61 Å². The second-order valence-corrected chi connectivity index (χ2v) is 6.74. The predicted molar refractivity (Wildman–Crippen MR) is 79.3 cm³/mol. The SMILES string of the molecule is CCCC[C@H](NS(=O)(=O)c1ccc(OCC(F)(F)F)cc1)C(=O)O. The number of sulfonamides is 1. The fraction of sp³-hybridized carbons (Fsp3) is 0.500. The van der Waals surface area contributed by atoms with Crippen LogP contribution in [0.5, 0.6) is 5.75 Å². The molecule has 1 aromatic carbocycles. The lowest BCUT2D eigenvalue weighted by Gasteiger charge is -2.15. The number of ether oxygens (including phenoxy) is 1. The molecule has 0 saturated carbocycles. The van der Waals surface area contributed by atoms with E-state index in [1.807, 2.05) is 6.92 Å². The molecule has 0 amide bonds. The lowest BCUT2D eigenvalue weighted by Crippen LogP contribution is -2.40. The minimum atomic E-state index is -4.50. The maximum absolute atomic E-state index is 12.1. The third-order valence-corrected chi connectivity index (χ3v) is 4.47. The summed E-state index contributed by atoms with van der Waals surface area (Å²) in [6.45, 7) is 0.350. The number of alkyl halides is 3. The van der Waals surface area contributed by atoms with Gasteiger partial charge in [-0.3, -0.25) is 4.79 Å². The number of carboxylic acids is 1. The fourth-order valence-corrected chi connectivity index (χ4v) is 3.00. The quantitative estimate of drug-likeness (QED) is 0.698. The summed E-state index contributed by atoms with van der Waals surface area (Å²) in [6, 6.07) is 2.97. The van der Waals surface area contributed by atoms with E-state index >= 15 is 0 Å². The summed E-state index contributed by atoms with van der Waals surface area (Å²) in [5.41, 5.74) is 0. The van der Waals surface area contributed by atoms with Crippen molar-refractivity contribution in [1.29, 1.82) is 0 Å². The lowest BCUT2D eigenvalue weighted by atomic mass is 10.1. The smallest absolute Gasteiger partial charge is 0.422 e. The Morgan fingerprint density at radius 3 is 2.33 bits per heavy atom. The maximum atomic E-state index is 12.1. The number of carbonyl (C=O) groups is 1. The van der Waals surface area contributed by atoms with E-state index in [-0.39, 0.29) is 17.1 Å². The number of benzene rings is 1. The number of halogens is 3. The molecule has 0 aliphatic heterocycles. The summed E-state index contributed by atoms with van der Waals surface area (Å²) in [5, 5.41) is 9.05. The molecule has 6 nitrogen and oxygen atoms in total. The standard InChI is InChI=1S/C14H18F3NO5S/c1-2-3-4-12(13(19)20)18-24(21,22)11-7-5-10(6-8-11)23-9-14(15,16)17/h5-8,12,18H,2-4,9H2,1H3,(H,19,20)/t12-/m0/s1. The highest BCUT2D eigenvalue weighted by molar-refractivity contribution is 7.89. The van der Waals surface area contributed by atoms with Crippen molar-refractivity contribution in [2.45, 2.75) is 43.3 Å². The van der Waals surface area contributed by atoms with Gasteiger partial charge >= 0.3 is 12.1 Å². The second kappa shape index (κ2) is 8.34. The molecule has 1 rings (SSSR count). The van der Waals surface area contributed by atoms with Crippen LogP contribution < -0.4 is 9.46 Å². The molecule has 0 fully saturated rings. The van der Waals surface area contributed by atoms with Crippen LogP contribution in [0.1, 0.15) is 26.2 Å². The topological polar surface area (TPSA) is 92.7 Å². The normalized spacial score (nSPS) is 13.5. The average molecular weight is 369 g/mol. The van der Waals surface area contributed by atoms with Gasteiger partial charge in [0, 0.05) is 0 Å². The Labute approximate surface area is 137 Å². The average Bonchev–Trinajstić information content (AvgIpc) is 2.49. The molecule has 1 atom stereocenters. The van der Waals surface area contributed by atoms with E-state index in [0.717, 1.165) is 24.3 Å². The number of aliphatic carboxylic acids is 1. The van der Waals surface area contributed by atoms with Crippen molar-refractivity contribution >= 4 is 16.0 Å². The first-order valence-electron chi connectivity index (χ1n) is 7.10. The predicted octanol–water partition coefficient (Wildman–Crippen LogP) is 2.55. The van der Waals surface area contributed by atoms with Gasteiger partial charge in [0.15, 0.2) is 6.61 Å². The fourth-order valence-electron chi connectivity index (χ4n) is 1.78. The summed E-state index contributed by atoms with van der Waals surface area (Å²) < 4.78 is 67.0. The molecule has 0 heterocycles. The summed E-state index contributed by atoms with van der Waals surface area (Å²) in [4.78, 5) is 10.8. The van der Waals surface area contributed by atoms with Crippen molar-refractivity contribution < 1.29 is 36.2 Å². The Kier molecular flexibility index (Phi) is 7.03. The summed E-state index contributed by atoms with van der Waals surface area (Å²) in [5.74, 6) is -1.44. The van der Waals surface area contributed by atoms with Crippen LogP contribution in [0.15, 0.2) is 29.2 Å². The number of carboxylic acid groups (broad SMARTS) is 1. The van der Waals surface area contributed by atoms with Gasteiger partial charge in [-0.15, -0.1) is 0 Å². The van der Waals surface area contributed by atoms with E-state index in [1.165, 1.54) is 0 Å². The highest BCUT2D eigenvalue weighted by atomic mass is 32.2. The Morgan fingerprint density at radius 1 is 1.29 bits per heavy atom. The summed E-state index contributed by atoms with van der Waals surface area (Å²) in [6.07, 6.45) is -3.13. The Hall–Kier alpha value is -1.81. The second-order valence-electron chi connectivity index (χ2n) is 5.03. The molecular weight excluding hydrogens is 351 g/mol. The van der Waals surface area contributed by atoms with Gasteiger partial charge < -0.3 is 9.84 Å². The van der Waals surface area contributed by atoms with Crippen molar-refractivity contribution in [1.82, 2.24) is 4.72 Å². The largest absolute Gasteiger partial charge is 0.484 e. The zero-order valence-corrected chi connectivity index (χ0v) is 13.7. The molecule has 0 aliphatic rings. The molecule has 0 aliphatic carbocycles. The van der Waals surface area contributed by atoms with Crippen LogP contribution in [0, 0.1) is 0 Å². The van der Waals surface area contributed by atoms with E-state index in [0.29, 0.717) is 12.8 Å². The number of hydrogen-bond donors (Lipinski definition) is 2. The molecule has 0 aromatic heterocycles. The van der Waals surface area contributed by atoms with Crippen LogP contribution in [-0.2, 0) is 14.8 Å². The third kappa shape index (κ3) is 6.75. The maximum Gasteiger partial charge on any atom is 0.422 e. The zero-order chi connectivity index (χ0) is 18.4. The van der Waals surface area contributed by atoms with E-state index < -0.39 is 34.8 Å². The van der Waals surface area contributed by atoms with Crippen LogP contribution in [-0.4, -0.2) is 38.3 Å². The van der Waals surface area contributed by atoms with Crippen molar-refractivity contribution in [3.63, 3.8) is 0 Å². The van der Waals surface area contributed by atoms with Gasteiger partial charge in [0.25, 0.3) is 0 Å². The van der Waals surface area contributed by atoms with E-state index in [2.05, 4.69) is 9.46 Å². The number of nitrogens with one attached hydrogen (secondary N) is 1. The first kappa shape index (κ1) is 20.2. The minimum absolute atomic E-state index is 0.137. The minimum Gasteiger partial charge on any atom is -0.484 e. The molecule has 0 spiro atoms. The van der Waals surface area contributed by atoms with Crippen LogP contribution in [0.3, 0.4) is 0 Å². The zero-order valence-electron chi connectivity index (χ0n) is 12.8. The van der Waals surface area contributed by atoms with Gasteiger partial charge in [-0.2, -0.15) is 17.9 Å². The third-order valence-electron chi connectivity index (χ3n) is 2.98. The van der Waals surface area contributed by atoms with Gasteiger partial charge in [0.2, 0.25) is 10.0 Å². The molecule has 10 heteroatoms. The molecule has 24 heavy (non-hydrogen) atoms. The van der Waals surface area contributed by atoms with Crippen LogP contribution in [0.2, 0.25) is 0 Å². The molecule has 1 aromatic rings. The number of hydrogen-bond acceptors (Lipinski definition) is 4. The highest BCUT2D eigenvalue weighted by Gasteiger charge is 2.28. The molecule has 0 radical (unpaired) electrons. The molecule has 2 N–H and O–H groups in total. The lowest BCUT2D eigenvalue weighted by molar-refractivity contribution is -0.153. The summed E-state index contributed by atoms with van der Waals surface area (Å²) >= 11 is 0. The van der Waals surface area contributed by atoms with Gasteiger partial charge in [-0.25, -0.2) is 8.42 Å². The van der Waals surface area contributed by atoms with Gasteiger partial charge in [-0.05, 0) is 30.7 Å². The summed E-state index contributed by atoms with van der Waals surface area (Å²) in [7, 11) is -4.10. The van der Waals surface area contributed by atoms with Crippen molar-refractivity contribution in [3.05, 3.63) is 24.3 Å². The van der Waals surface area contributed by atoms with Gasteiger partial charge in [-0.1, -0.05) is 19.8 Å². The monoisotopic (exact) mass is 369 g/mol. The first-order valence-corrected chi connectivity index (χ1v) is 8.58. The van der Waals surface area contributed by atoms with E-state index in [4.69, 9.17) is 5.11 Å². The van der Waals surface area contributed by atoms with Crippen LogP contribution >= 0.6 is 0 Å². The van der Waals surface area contributed by atoms with Gasteiger partial charge in [0.1, 0.15) is 11.8 Å². The van der Waals surface area contributed by atoms with Crippen LogP contribution in [0.4, 0.5) is 13.2 Å². The van der Waals surface area contributed by atoms with Crippen molar-refractivity contribution in [3.8, 4) is 5.75 Å².